The van der Waals surface area contributed by atoms with E-state index in [2.05, 4.69) is 10.6 Å². The number of nitrogens with zero attached hydrogens (tertiary/aromatic N) is 1. The van der Waals surface area contributed by atoms with Crippen LogP contribution in [0.2, 0.25) is 0 Å². The first kappa shape index (κ1) is 16.7. The van der Waals surface area contributed by atoms with Gasteiger partial charge < -0.3 is 10.6 Å². The number of anilines is 1. The smallest absolute Gasteiger partial charge is 0.251 e. The van der Waals surface area contributed by atoms with E-state index in [-0.39, 0.29) is 11.8 Å². The van der Waals surface area contributed by atoms with Crippen LogP contribution in [0.15, 0.2) is 42.5 Å². The number of hydrogen-bond acceptors (Lipinski definition) is 3. The van der Waals surface area contributed by atoms with E-state index in [9.17, 15) is 9.59 Å². The van der Waals surface area contributed by atoms with Gasteiger partial charge in [-0.05, 0) is 55.7 Å². The van der Waals surface area contributed by atoms with Crippen LogP contribution < -0.4 is 10.6 Å². The van der Waals surface area contributed by atoms with Gasteiger partial charge in [0.1, 0.15) is 0 Å². The fraction of sp³-hybridized carbons (Fsp3) is 0.250. The highest BCUT2D eigenvalue weighted by Crippen LogP contribution is 2.37. The van der Waals surface area contributed by atoms with Crippen LogP contribution in [0, 0.1) is 11.3 Å². The molecule has 0 bridgehead atoms. The predicted molar refractivity (Wildman–Crippen MR) is 95.3 cm³/mol. The normalized spacial score (nSPS) is 14.4. The third kappa shape index (κ3) is 3.24. The molecule has 5 nitrogen and oxygen atoms in total. The molecule has 1 heterocycles. The SMILES string of the molecule is CC1(C)C(=O)Nc2ccc(CCNC(=O)c3cccc(C#N)c3)cc21. The van der Waals surface area contributed by atoms with Gasteiger partial charge in [0.05, 0.1) is 17.0 Å². The topological polar surface area (TPSA) is 82.0 Å². The molecule has 2 aromatic rings. The largest absolute Gasteiger partial charge is 0.352 e. The summed E-state index contributed by atoms with van der Waals surface area (Å²) >= 11 is 0. The number of nitriles is 1. The summed E-state index contributed by atoms with van der Waals surface area (Å²) in [5, 5.41) is 14.6. The van der Waals surface area contributed by atoms with Gasteiger partial charge in [0.2, 0.25) is 5.91 Å². The second kappa shape index (κ2) is 6.40. The van der Waals surface area contributed by atoms with Gasteiger partial charge in [-0.25, -0.2) is 0 Å². The highest BCUT2D eigenvalue weighted by atomic mass is 16.2. The number of carbonyl (C=O) groups is 2. The molecule has 0 radical (unpaired) electrons. The van der Waals surface area contributed by atoms with Gasteiger partial charge in [0, 0.05) is 17.8 Å². The Bertz CT molecular complexity index is 894. The lowest BCUT2D eigenvalue weighted by Crippen LogP contribution is -2.27. The third-order valence-electron chi connectivity index (χ3n) is 4.53. The van der Waals surface area contributed by atoms with E-state index in [1.165, 1.54) is 0 Å². The summed E-state index contributed by atoms with van der Waals surface area (Å²) in [6.45, 7) is 4.29. The van der Waals surface area contributed by atoms with E-state index in [1.807, 2.05) is 38.1 Å². The minimum atomic E-state index is -0.535. The molecule has 1 aliphatic rings. The summed E-state index contributed by atoms with van der Waals surface area (Å²) < 4.78 is 0. The number of carbonyl (C=O) groups excluding carboxylic acids is 2. The Morgan fingerprint density at radius 2 is 2.04 bits per heavy atom. The molecule has 0 saturated heterocycles. The Hall–Kier alpha value is -3.13. The average Bonchev–Trinajstić information content (AvgIpc) is 2.84. The molecule has 0 aromatic heterocycles. The van der Waals surface area contributed by atoms with Crippen molar-refractivity contribution < 1.29 is 9.59 Å². The molecular formula is C20H19N3O2. The first-order valence-corrected chi connectivity index (χ1v) is 8.15. The van der Waals surface area contributed by atoms with E-state index < -0.39 is 5.41 Å². The fourth-order valence-corrected chi connectivity index (χ4v) is 2.93. The Morgan fingerprint density at radius 3 is 2.80 bits per heavy atom. The molecule has 0 atom stereocenters. The molecule has 2 N–H and O–H groups in total. The third-order valence-corrected chi connectivity index (χ3v) is 4.53. The lowest BCUT2D eigenvalue weighted by Gasteiger charge is -2.16. The van der Waals surface area contributed by atoms with Crippen molar-refractivity contribution >= 4 is 17.5 Å². The van der Waals surface area contributed by atoms with Crippen LogP contribution in [0.5, 0.6) is 0 Å². The summed E-state index contributed by atoms with van der Waals surface area (Å²) in [6, 6.07) is 14.5. The number of benzene rings is 2. The van der Waals surface area contributed by atoms with Crippen molar-refractivity contribution in [1.82, 2.24) is 5.32 Å². The van der Waals surface area contributed by atoms with Gasteiger partial charge in [0.15, 0.2) is 0 Å². The molecule has 3 rings (SSSR count). The van der Waals surface area contributed by atoms with Crippen molar-refractivity contribution in [2.45, 2.75) is 25.7 Å². The van der Waals surface area contributed by atoms with Crippen LogP contribution in [-0.4, -0.2) is 18.4 Å². The molecule has 1 aliphatic heterocycles. The lowest BCUT2D eigenvalue weighted by atomic mass is 9.85. The molecule has 126 valence electrons. The van der Waals surface area contributed by atoms with Crippen LogP contribution in [0.4, 0.5) is 5.69 Å². The van der Waals surface area contributed by atoms with Crippen molar-refractivity contribution in [3.05, 3.63) is 64.7 Å². The van der Waals surface area contributed by atoms with E-state index in [4.69, 9.17) is 5.26 Å². The van der Waals surface area contributed by atoms with E-state index in [1.54, 1.807) is 24.3 Å². The van der Waals surface area contributed by atoms with Crippen LogP contribution in [0.25, 0.3) is 0 Å². The Labute approximate surface area is 146 Å². The maximum Gasteiger partial charge on any atom is 0.251 e. The van der Waals surface area contributed by atoms with Gasteiger partial charge in [-0.3, -0.25) is 9.59 Å². The van der Waals surface area contributed by atoms with Crippen molar-refractivity contribution in [1.29, 1.82) is 5.26 Å². The van der Waals surface area contributed by atoms with Crippen LogP contribution in [0.3, 0.4) is 0 Å². The maximum absolute atomic E-state index is 12.2. The molecule has 0 spiro atoms. The molecule has 25 heavy (non-hydrogen) atoms. The summed E-state index contributed by atoms with van der Waals surface area (Å²) in [6.07, 6.45) is 0.668. The van der Waals surface area contributed by atoms with Gasteiger partial charge in [0.25, 0.3) is 5.91 Å². The second-order valence-electron chi connectivity index (χ2n) is 6.66. The average molecular weight is 333 g/mol. The Kier molecular flexibility index (Phi) is 4.28. The van der Waals surface area contributed by atoms with E-state index in [0.29, 0.717) is 24.1 Å². The van der Waals surface area contributed by atoms with Gasteiger partial charge in [-0.2, -0.15) is 5.26 Å². The molecule has 2 amide bonds. The van der Waals surface area contributed by atoms with Crippen molar-refractivity contribution in [2.24, 2.45) is 0 Å². The zero-order chi connectivity index (χ0) is 18.0. The summed E-state index contributed by atoms with van der Waals surface area (Å²) in [5.74, 6) is -0.194. The first-order valence-electron chi connectivity index (χ1n) is 8.15. The zero-order valence-corrected chi connectivity index (χ0v) is 14.2. The predicted octanol–water partition coefficient (Wildman–Crippen LogP) is 2.76. The molecule has 0 unspecified atom stereocenters. The number of amides is 2. The Morgan fingerprint density at radius 1 is 1.24 bits per heavy atom. The number of fused-ring (bicyclic) bond motifs is 1. The standard InChI is InChI=1S/C20H19N3O2/c1-20(2)16-11-13(6-7-17(16)23-19(20)25)8-9-22-18(24)15-5-3-4-14(10-15)12-21/h3-7,10-11H,8-9H2,1-2H3,(H,22,24)(H,23,25). The maximum atomic E-state index is 12.2. The highest BCUT2D eigenvalue weighted by Gasteiger charge is 2.38. The summed E-state index contributed by atoms with van der Waals surface area (Å²) in [4.78, 5) is 24.1. The second-order valence-corrected chi connectivity index (χ2v) is 6.66. The fourth-order valence-electron chi connectivity index (χ4n) is 2.93. The van der Waals surface area contributed by atoms with Gasteiger partial charge in [-0.1, -0.05) is 18.2 Å². The van der Waals surface area contributed by atoms with Crippen LogP contribution in [0.1, 0.15) is 40.9 Å². The van der Waals surface area contributed by atoms with Crippen molar-refractivity contribution in [3.63, 3.8) is 0 Å². The van der Waals surface area contributed by atoms with Crippen LogP contribution in [-0.2, 0) is 16.6 Å². The molecule has 0 fully saturated rings. The lowest BCUT2D eigenvalue weighted by molar-refractivity contribution is -0.119. The molecular weight excluding hydrogens is 314 g/mol. The minimum Gasteiger partial charge on any atom is -0.352 e. The highest BCUT2D eigenvalue weighted by molar-refractivity contribution is 6.05. The minimum absolute atomic E-state index is 0.00493. The molecule has 0 saturated carbocycles. The Balaban J connectivity index is 1.63. The quantitative estimate of drug-likeness (QED) is 0.902. The number of nitrogens with one attached hydrogen (secondary N) is 2. The number of hydrogen-bond donors (Lipinski definition) is 2. The van der Waals surface area contributed by atoms with E-state index >= 15 is 0 Å². The van der Waals surface area contributed by atoms with Gasteiger partial charge in [-0.15, -0.1) is 0 Å². The van der Waals surface area contributed by atoms with Crippen molar-refractivity contribution in [3.8, 4) is 6.07 Å². The first-order chi connectivity index (χ1) is 11.9. The zero-order valence-electron chi connectivity index (χ0n) is 14.2. The van der Waals surface area contributed by atoms with Crippen molar-refractivity contribution in [2.75, 3.05) is 11.9 Å². The number of rotatable bonds is 4. The molecule has 2 aromatic carbocycles. The van der Waals surface area contributed by atoms with E-state index in [0.717, 1.165) is 16.8 Å². The molecule has 5 heteroatoms. The monoisotopic (exact) mass is 333 g/mol. The summed E-state index contributed by atoms with van der Waals surface area (Å²) in [5.41, 5.74) is 3.31. The summed E-state index contributed by atoms with van der Waals surface area (Å²) in [7, 11) is 0. The molecule has 0 aliphatic carbocycles. The van der Waals surface area contributed by atoms with Gasteiger partial charge >= 0.3 is 0 Å². The van der Waals surface area contributed by atoms with Crippen LogP contribution >= 0.6 is 0 Å².